The van der Waals surface area contributed by atoms with Crippen molar-refractivity contribution in [2.75, 3.05) is 13.1 Å². The summed E-state index contributed by atoms with van der Waals surface area (Å²) in [5.41, 5.74) is 8.26. The van der Waals surface area contributed by atoms with Crippen LogP contribution in [0.3, 0.4) is 0 Å². The Morgan fingerprint density at radius 3 is 2.50 bits per heavy atom. The summed E-state index contributed by atoms with van der Waals surface area (Å²) in [6.45, 7) is 5.84. The molecule has 1 unspecified atom stereocenters. The van der Waals surface area contributed by atoms with Crippen LogP contribution in [0.1, 0.15) is 30.9 Å². The summed E-state index contributed by atoms with van der Waals surface area (Å²) in [7, 11) is 0. The third-order valence-electron chi connectivity index (χ3n) is 4.24. The third kappa shape index (κ3) is 4.22. The maximum absolute atomic E-state index is 12.3. The lowest BCUT2D eigenvalue weighted by Gasteiger charge is -2.33. The molecule has 0 saturated carbocycles. The molecule has 1 fully saturated rings. The van der Waals surface area contributed by atoms with Gasteiger partial charge in [-0.15, -0.1) is 12.4 Å². The van der Waals surface area contributed by atoms with Gasteiger partial charge in [-0.2, -0.15) is 0 Å². The molecule has 0 bridgehead atoms. The van der Waals surface area contributed by atoms with Crippen LogP contribution in [-0.2, 0) is 11.2 Å². The molecule has 3 nitrogen and oxygen atoms in total. The number of hydrogen-bond acceptors (Lipinski definition) is 2. The van der Waals surface area contributed by atoms with E-state index >= 15 is 0 Å². The Balaban J connectivity index is 0.00000200. The van der Waals surface area contributed by atoms with Gasteiger partial charge in [0.05, 0.1) is 6.42 Å². The molecule has 1 amide bonds. The third-order valence-corrected chi connectivity index (χ3v) is 4.24. The maximum Gasteiger partial charge on any atom is 0.226 e. The SMILES string of the molecule is Cc1ccccc1CC(=O)N1CCC(C(C)N)CC1.Cl. The van der Waals surface area contributed by atoms with Crippen molar-refractivity contribution in [3.05, 3.63) is 35.4 Å². The Kier molecular flexibility index (Phi) is 6.50. The summed E-state index contributed by atoms with van der Waals surface area (Å²) in [4.78, 5) is 14.3. The Morgan fingerprint density at radius 2 is 1.95 bits per heavy atom. The van der Waals surface area contributed by atoms with E-state index in [1.54, 1.807) is 0 Å². The zero-order valence-electron chi connectivity index (χ0n) is 12.3. The second-order valence-corrected chi connectivity index (χ2v) is 5.68. The van der Waals surface area contributed by atoms with Crippen LogP contribution in [0.2, 0.25) is 0 Å². The number of halogens is 1. The lowest BCUT2D eigenvalue weighted by atomic mass is 9.90. The molecule has 0 aliphatic carbocycles. The van der Waals surface area contributed by atoms with Gasteiger partial charge in [-0.05, 0) is 43.7 Å². The first-order valence-corrected chi connectivity index (χ1v) is 7.16. The first kappa shape index (κ1) is 17.0. The predicted molar refractivity (Wildman–Crippen MR) is 85.1 cm³/mol. The fourth-order valence-electron chi connectivity index (χ4n) is 2.76. The normalized spacial score (nSPS) is 17.4. The number of hydrogen-bond donors (Lipinski definition) is 1. The summed E-state index contributed by atoms with van der Waals surface area (Å²) in [6, 6.07) is 8.36. The topological polar surface area (TPSA) is 46.3 Å². The van der Waals surface area contributed by atoms with Gasteiger partial charge in [0, 0.05) is 19.1 Å². The van der Waals surface area contributed by atoms with Crippen molar-refractivity contribution in [2.45, 2.75) is 39.2 Å². The predicted octanol–water partition coefficient (Wildman–Crippen LogP) is 2.55. The maximum atomic E-state index is 12.3. The molecule has 2 N–H and O–H groups in total. The van der Waals surface area contributed by atoms with E-state index in [9.17, 15) is 4.79 Å². The van der Waals surface area contributed by atoms with E-state index in [0.717, 1.165) is 31.5 Å². The minimum Gasteiger partial charge on any atom is -0.342 e. The zero-order valence-corrected chi connectivity index (χ0v) is 13.2. The molecule has 112 valence electrons. The minimum absolute atomic E-state index is 0. The largest absolute Gasteiger partial charge is 0.342 e. The highest BCUT2D eigenvalue weighted by molar-refractivity contribution is 5.85. The molecule has 1 heterocycles. The van der Waals surface area contributed by atoms with Crippen molar-refractivity contribution >= 4 is 18.3 Å². The molecule has 1 atom stereocenters. The van der Waals surface area contributed by atoms with Crippen LogP contribution < -0.4 is 5.73 Å². The second kappa shape index (κ2) is 7.65. The van der Waals surface area contributed by atoms with Gasteiger partial charge in [0.2, 0.25) is 5.91 Å². The Hall–Kier alpha value is -1.06. The van der Waals surface area contributed by atoms with Crippen molar-refractivity contribution in [3.8, 4) is 0 Å². The van der Waals surface area contributed by atoms with Gasteiger partial charge < -0.3 is 10.6 Å². The summed E-state index contributed by atoms with van der Waals surface area (Å²) in [5.74, 6) is 0.819. The standard InChI is InChI=1S/C16H24N2O.ClH/c1-12-5-3-4-6-15(12)11-16(19)18-9-7-14(8-10-18)13(2)17;/h3-6,13-14H,7-11,17H2,1-2H3;1H. The van der Waals surface area contributed by atoms with Crippen molar-refractivity contribution in [1.29, 1.82) is 0 Å². The van der Waals surface area contributed by atoms with E-state index in [1.807, 2.05) is 23.1 Å². The molecule has 0 radical (unpaired) electrons. The highest BCUT2D eigenvalue weighted by Crippen LogP contribution is 2.20. The second-order valence-electron chi connectivity index (χ2n) is 5.68. The van der Waals surface area contributed by atoms with E-state index in [0.29, 0.717) is 12.3 Å². The van der Waals surface area contributed by atoms with Gasteiger partial charge in [0.25, 0.3) is 0 Å². The van der Waals surface area contributed by atoms with Gasteiger partial charge >= 0.3 is 0 Å². The molecule has 1 aromatic carbocycles. The van der Waals surface area contributed by atoms with Crippen LogP contribution in [0, 0.1) is 12.8 Å². The lowest BCUT2D eigenvalue weighted by Crippen LogP contribution is -2.43. The zero-order chi connectivity index (χ0) is 13.8. The van der Waals surface area contributed by atoms with Crippen LogP contribution in [0.4, 0.5) is 0 Å². The molecule has 0 aromatic heterocycles. The van der Waals surface area contributed by atoms with Gasteiger partial charge in [0.15, 0.2) is 0 Å². The summed E-state index contributed by atoms with van der Waals surface area (Å²) in [5, 5.41) is 0. The van der Waals surface area contributed by atoms with Crippen molar-refractivity contribution in [3.63, 3.8) is 0 Å². The number of amides is 1. The number of carbonyl (C=O) groups is 1. The Morgan fingerprint density at radius 1 is 1.35 bits per heavy atom. The van der Waals surface area contributed by atoms with E-state index in [4.69, 9.17) is 5.73 Å². The number of nitrogens with zero attached hydrogens (tertiary/aromatic N) is 1. The number of likely N-dealkylation sites (tertiary alicyclic amines) is 1. The van der Waals surface area contributed by atoms with Crippen LogP contribution in [0.25, 0.3) is 0 Å². The van der Waals surface area contributed by atoms with E-state index in [2.05, 4.69) is 19.9 Å². The van der Waals surface area contributed by atoms with Crippen LogP contribution >= 0.6 is 12.4 Å². The van der Waals surface area contributed by atoms with Gasteiger partial charge in [0.1, 0.15) is 0 Å². The lowest BCUT2D eigenvalue weighted by molar-refractivity contribution is -0.131. The molecule has 4 heteroatoms. The molecular formula is C16H25ClN2O. The number of nitrogens with two attached hydrogens (primary N) is 1. The Labute approximate surface area is 127 Å². The average molecular weight is 297 g/mol. The summed E-state index contributed by atoms with van der Waals surface area (Å²) < 4.78 is 0. The van der Waals surface area contributed by atoms with Crippen LogP contribution in [0.5, 0.6) is 0 Å². The number of rotatable bonds is 3. The van der Waals surface area contributed by atoms with Crippen LogP contribution in [-0.4, -0.2) is 29.9 Å². The fraction of sp³-hybridized carbons (Fsp3) is 0.562. The highest BCUT2D eigenvalue weighted by atomic mass is 35.5. The highest BCUT2D eigenvalue weighted by Gasteiger charge is 2.24. The molecule has 1 saturated heterocycles. The van der Waals surface area contributed by atoms with E-state index in [-0.39, 0.29) is 24.4 Å². The van der Waals surface area contributed by atoms with Gasteiger partial charge in [-0.1, -0.05) is 24.3 Å². The summed E-state index contributed by atoms with van der Waals surface area (Å²) in [6.07, 6.45) is 2.60. The van der Waals surface area contributed by atoms with E-state index in [1.165, 1.54) is 5.56 Å². The number of benzene rings is 1. The first-order valence-electron chi connectivity index (χ1n) is 7.16. The molecule has 1 aliphatic heterocycles. The average Bonchev–Trinajstić information content (AvgIpc) is 2.41. The monoisotopic (exact) mass is 296 g/mol. The number of carbonyl (C=O) groups excluding carboxylic acids is 1. The molecule has 2 rings (SSSR count). The number of aryl methyl sites for hydroxylation is 1. The van der Waals surface area contributed by atoms with Crippen molar-refractivity contribution in [1.82, 2.24) is 4.90 Å². The van der Waals surface area contributed by atoms with Gasteiger partial charge in [-0.25, -0.2) is 0 Å². The molecule has 20 heavy (non-hydrogen) atoms. The molecule has 0 spiro atoms. The molecular weight excluding hydrogens is 272 g/mol. The first-order chi connectivity index (χ1) is 9.08. The fourth-order valence-corrected chi connectivity index (χ4v) is 2.76. The quantitative estimate of drug-likeness (QED) is 0.932. The van der Waals surface area contributed by atoms with Crippen molar-refractivity contribution in [2.24, 2.45) is 11.7 Å². The Bertz CT molecular complexity index is 440. The molecule has 1 aliphatic rings. The van der Waals surface area contributed by atoms with Crippen LogP contribution in [0.15, 0.2) is 24.3 Å². The minimum atomic E-state index is 0. The summed E-state index contributed by atoms with van der Waals surface area (Å²) >= 11 is 0. The van der Waals surface area contributed by atoms with E-state index < -0.39 is 0 Å². The smallest absolute Gasteiger partial charge is 0.226 e. The van der Waals surface area contributed by atoms with Crippen molar-refractivity contribution < 1.29 is 4.79 Å². The number of piperidine rings is 1. The van der Waals surface area contributed by atoms with Gasteiger partial charge in [-0.3, -0.25) is 4.79 Å². The molecule has 1 aromatic rings.